The molecule has 0 rings (SSSR count). The third-order valence-corrected chi connectivity index (χ3v) is 10.2. The zero-order chi connectivity index (χ0) is 35.7. The Bertz CT molecular complexity index is 666. The third kappa shape index (κ3) is 39.5. The van der Waals surface area contributed by atoms with Crippen LogP contribution in [-0.4, -0.2) is 36.4 Å². The van der Waals surface area contributed by atoms with Crippen LogP contribution in [-0.2, 0) is 19.1 Å². The molecule has 5 heteroatoms. The van der Waals surface area contributed by atoms with Gasteiger partial charge in [0.2, 0.25) is 0 Å². The minimum absolute atomic E-state index is 0.0568. The summed E-state index contributed by atoms with van der Waals surface area (Å²) in [6.07, 6.45) is 46.1. The van der Waals surface area contributed by atoms with Crippen molar-refractivity contribution >= 4 is 11.9 Å². The highest BCUT2D eigenvalue weighted by atomic mass is 16.6. The minimum atomic E-state index is -0.761. The van der Waals surface area contributed by atoms with E-state index in [-0.39, 0.29) is 25.2 Å². The molecule has 0 aromatic rings. The lowest BCUT2D eigenvalue weighted by atomic mass is 10.0. The molecule has 0 bridgehead atoms. The standard InChI is InChI=1S/C44H86O5/c1-3-5-7-9-11-13-15-17-18-19-20-21-22-23-24-25-26-27-29-31-33-35-37-39-44(47)49-42(40-45)41-48-43(46)38-36-34-32-30-28-16-14-12-10-8-6-4-2/h42,45H,3-41H2,1-2H3/t42-/m0/s1. The normalized spacial score (nSPS) is 12.0. The number of carbonyl (C=O) groups is 2. The molecular weight excluding hydrogens is 608 g/mol. The van der Waals surface area contributed by atoms with Crippen molar-refractivity contribution in [2.75, 3.05) is 13.2 Å². The van der Waals surface area contributed by atoms with Crippen LogP contribution in [0.1, 0.15) is 251 Å². The van der Waals surface area contributed by atoms with Crippen LogP contribution in [0.5, 0.6) is 0 Å². The number of esters is 2. The van der Waals surface area contributed by atoms with Crippen LogP contribution < -0.4 is 0 Å². The summed E-state index contributed by atoms with van der Waals surface area (Å²) in [5, 5.41) is 9.56. The number of ether oxygens (including phenoxy) is 2. The van der Waals surface area contributed by atoms with Crippen LogP contribution in [0.4, 0.5) is 0 Å². The lowest BCUT2D eigenvalue weighted by Gasteiger charge is -2.15. The van der Waals surface area contributed by atoms with Crippen LogP contribution >= 0.6 is 0 Å². The molecule has 0 aromatic carbocycles. The molecule has 0 aliphatic heterocycles. The van der Waals surface area contributed by atoms with Crippen molar-refractivity contribution in [2.45, 2.75) is 258 Å². The van der Waals surface area contributed by atoms with Gasteiger partial charge < -0.3 is 14.6 Å². The zero-order valence-electron chi connectivity index (χ0n) is 33.2. The Morgan fingerprint density at radius 3 is 0.898 bits per heavy atom. The van der Waals surface area contributed by atoms with Gasteiger partial charge in [-0.25, -0.2) is 0 Å². The summed E-state index contributed by atoms with van der Waals surface area (Å²) < 4.78 is 10.6. The first-order valence-corrected chi connectivity index (χ1v) is 22.1. The second kappa shape index (κ2) is 41.3. The first-order chi connectivity index (χ1) is 24.1. The highest BCUT2D eigenvalue weighted by Gasteiger charge is 2.16. The molecule has 0 spiro atoms. The molecule has 0 heterocycles. The van der Waals surface area contributed by atoms with E-state index in [0.29, 0.717) is 12.8 Å². The summed E-state index contributed by atoms with van der Waals surface area (Å²) in [4.78, 5) is 24.3. The molecule has 5 nitrogen and oxygen atoms in total. The first-order valence-electron chi connectivity index (χ1n) is 22.1. The van der Waals surface area contributed by atoms with Crippen molar-refractivity contribution in [2.24, 2.45) is 0 Å². The maximum Gasteiger partial charge on any atom is 0.306 e. The lowest BCUT2D eigenvalue weighted by molar-refractivity contribution is -0.161. The monoisotopic (exact) mass is 695 g/mol. The van der Waals surface area contributed by atoms with E-state index in [9.17, 15) is 14.7 Å². The first kappa shape index (κ1) is 47.9. The molecule has 0 saturated carbocycles. The van der Waals surface area contributed by atoms with Crippen molar-refractivity contribution in [3.8, 4) is 0 Å². The summed E-state index contributed by atoms with van der Waals surface area (Å²) in [6, 6.07) is 0. The van der Waals surface area contributed by atoms with Crippen LogP contribution in [0.15, 0.2) is 0 Å². The van der Waals surface area contributed by atoms with Crippen LogP contribution in [0.25, 0.3) is 0 Å². The molecule has 292 valence electrons. The molecule has 1 atom stereocenters. The molecule has 1 N–H and O–H groups in total. The Kier molecular flexibility index (Phi) is 40.4. The van der Waals surface area contributed by atoms with Crippen molar-refractivity contribution in [1.82, 2.24) is 0 Å². The van der Waals surface area contributed by atoms with Crippen molar-refractivity contribution in [3.05, 3.63) is 0 Å². The molecule has 0 saturated heterocycles. The van der Waals surface area contributed by atoms with E-state index < -0.39 is 6.10 Å². The van der Waals surface area contributed by atoms with Crippen molar-refractivity contribution in [3.63, 3.8) is 0 Å². The molecule has 0 aromatic heterocycles. The molecular formula is C44H86O5. The number of carbonyl (C=O) groups excluding carboxylic acids is 2. The Morgan fingerprint density at radius 1 is 0.388 bits per heavy atom. The average Bonchev–Trinajstić information content (AvgIpc) is 3.10. The lowest BCUT2D eigenvalue weighted by Crippen LogP contribution is -2.28. The zero-order valence-corrected chi connectivity index (χ0v) is 33.2. The largest absolute Gasteiger partial charge is 0.462 e. The van der Waals surface area contributed by atoms with E-state index in [1.54, 1.807) is 0 Å². The average molecular weight is 695 g/mol. The fourth-order valence-electron chi connectivity index (χ4n) is 6.79. The molecule has 0 amide bonds. The summed E-state index contributed by atoms with van der Waals surface area (Å²) in [5.41, 5.74) is 0. The quantitative estimate of drug-likeness (QED) is 0.0509. The van der Waals surface area contributed by atoms with Gasteiger partial charge in [-0.3, -0.25) is 9.59 Å². The van der Waals surface area contributed by atoms with Crippen LogP contribution in [0.3, 0.4) is 0 Å². The summed E-state index contributed by atoms with van der Waals surface area (Å²) in [7, 11) is 0. The summed E-state index contributed by atoms with van der Waals surface area (Å²) >= 11 is 0. The molecule has 0 fully saturated rings. The predicted molar refractivity (Wildman–Crippen MR) is 210 cm³/mol. The fourth-order valence-corrected chi connectivity index (χ4v) is 6.79. The van der Waals surface area contributed by atoms with Gasteiger partial charge in [-0.05, 0) is 12.8 Å². The van der Waals surface area contributed by atoms with Gasteiger partial charge in [-0.15, -0.1) is 0 Å². The number of rotatable bonds is 41. The second-order valence-corrected chi connectivity index (χ2v) is 15.1. The molecule has 49 heavy (non-hydrogen) atoms. The maximum absolute atomic E-state index is 12.2. The molecule has 0 aliphatic carbocycles. The van der Waals surface area contributed by atoms with Gasteiger partial charge in [0, 0.05) is 12.8 Å². The second-order valence-electron chi connectivity index (χ2n) is 15.1. The Morgan fingerprint density at radius 2 is 0.633 bits per heavy atom. The Balaban J connectivity index is 3.43. The summed E-state index contributed by atoms with van der Waals surface area (Å²) in [6.45, 7) is 4.17. The van der Waals surface area contributed by atoms with Gasteiger partial charge in [-0.1, -0.05) is 226 Å². The van der Waals surface area contributed by atoms with Crippen molar-refractivity contribution < 1.29 is 24.2 Å². The fraction of sp³-hybridized carbons (Fsp3) is 0.955. The van der Waals surface area contributed by atoms with Gasteiger partial charge in [0.15, 0.2) is 6.10 Å². The van der Waals surface area contributed by atoms with E-state index in [1.165, 1.54) is 193 Å². The number of aliphatic hydroxyl groups excluding tert-OH is 1. The predicted octanol–water partition coefficient (Wildman–Crippen LogP) is 13.9. The molecule has 0 radical (unpaired) electrons. The minimum Gasteiger partial charge on any atom is -0.462 e. The number of unbranched alkanes of at least 4 members (excludes halogenated alkanes) is 33. The highest BCUT2D eigenvalue weighted by Crippen LogP contribution is 2.16. The summed E-state index contributed by atoms with van der Waals surface area (Å²) in [5.74, 6) is -0.573. The Hall–Kier alpha value is -1.10. The highest BCUT2D eigenvalue weighted by molar-refractivity contribution is 5.70. The van der Waals surface area contributed by atoms with E-state index in [2.05, 4.69) is 13.8 Å². The third-order valence-electron chi connectivity index (χ3n) is 10.2. The SMILES string of the molecule is CCCCCCCCCCCCCCCCCCCCCCCCCC(=O)O[C@@H](CO)COC(=O)CCCCCCCCCCCCCC. The number of hydrogen-bond acceptors (Lipinski definition) is 5. The number of hydrogen-bond donors (Lipinski definition) is 1. The van der Waals surface area contributed by atoms with Gasteiger partial charge in [0.25, 0.3) is 0 Å². The van der Waals surface area contributed by atoms with E-state index in [4.69, 9.17) is 9.47 Å². The molecule has 0 aliphatic rings. The van der Waals surface area contributed by atoms with Crippen molar-refractivity contribution in [1.29, 1.82) is 0 Å². The van der Waals surface area contributed by atoms with E-state index in [0.717, 1.165) is 32.1 Å². The van der Waals surface area contributed by atoms with Gasteiger partial charge >= 0.3 is 11.9 Å². The van der Waals surface area contributed by atoms with Crippen LogP contribution in [0.2, 0.25) is 0 Å². The molecule has 0 unspecified atom stereocenters. The van der Waals surface area contributed by atoms with E-state index in [1.807, 2.05) is 0 Å². The van der Waals surface area contributed by atoms with Gasteiger partial charge in [0.1, 0.15) is 6.61 Å². The topological polar surface area (TPSA) is 72.8 Å². The van der Waals surface area contributed by atoms with Gasteiger partial charge in [0.05, 0.1) is 6.61 Å². The Labute approximate surface area is 306 Å². The smallest absolute Gasteiger partial charge is 0.306 e. The number of aliphatic hydroxyl groups is 1. The van der Waals surface area contributed by atoms with E-state index >= 15 is 0 Å². The van der Waals surface area contributed by atoms with Gasteiger partial charge in [-0.2, -0.15) is 0 Å². The maximum atomic E-state index is 12.2. The van der Waals surface area contributed by atoms with Crippen LogP contribution in [0, 0.1) is 0 Å².